The van der Waals surface area contributed by atoms with Crippen LogP contribution in [-0.4, -0.2) is 221 Å². The lowest BCUT2D eigenvalue weighted by Crippen LogP contribution is -2.47. The summed E-state index contributed by atoms with van der Waals surface area (Å²) in [5, 5.41) is 83.3. The molecular formula is C43H72O22. The Balaban J connectivity index is 6.18. The Bertz CT molecular complexity index is 1440. The molecule has 0 aliphatic carbocycles. The van der Waals surface area contributed by atoms with Gasteiger partial charge < -0.3 is 88.2 Å². The van der Waals surface area contributed by atoms with E-state index in [1.807, 2.05) is 0 Å². The molecule has 65 heavy (non-hydrogen) atoms. The van der Waals surface area contributed by atoms with Gasteiger partial charge in [-0.05, 0) is 27.7 Å². The van der Waals surface area contributed by atoms with Gasteiger partial charge in [0.05, 0.1) is 122 Å². The van der Waals surface area contributed by atoms with Crippen LogP contribution in [0.3, 0.4) is 0 Å². The number of aliphatic hydroxyl groups excluding tert-OH is 8. The van der Waals surface area contributed by atoms with Gasteiger partial charge in [0.2, 0.25) is 0 Å². The van der Waals surface area contributed by atoms with Crippen LogP contribution in [0.1, 0.15) is 27.7 Å². The molecule has 376 valence electrons. The molecule has 5 unspecified atom stereocenters. The van der Waals surface area contributed by atoms with Gasteiger partial charge in [0.25, 0.3) is 0 Å². The number of aliphatic hydroxyl groups is 8. The van der Waals surface area contributed by atoms with E-state index in [4.69, 9.17) is 47.4 Å². The zero-order valence-electron chi connectivity index (χ0n) is 38.1. The molecule has 8 N–H and O–H groups in total. The maximum absolute atomic E-state index is 11.8. The number of carbonyl (C=O) groups excluding carboxylic acids is 4. The predicted octanol–water partition coefficient (Wildman–Crippen LogP) is -2.06. The first kappa shape index (κ1) is 61.3. The summed E-state index contributed by atoms with van der Waals surface area (Å²) in [7, 11) is 0. The van der Waals surface area contributed by atoms with Crippen molar-refractivity contribution in [1.29, 1.82) is 0 Å². The third-order valence-corrected chi connectivity index (χ3v) is 8.87. The molecule has 0 rings (SSSR count). The molecule has 5 atom stereocenters. The molecule has 0 aliphatic heterocycles. The van der Waals surface area contributed by atoms with Crippen LogP contribution in [0.15, 0.2) is 48.6 Å². The van der Waals surface area contributed by atoms with E-state index in [2.05, 4.69) is 26.3 Å². The zero-order chi connectivity index (χ0) is 49.6. The van der Waals surface area contributed by atoms with Crippen molar-refractivity contribution >= 4 is 23.9 Å². The molecule has 0 saturated carbocycles. The Morgan fingerprint density at radius 3 is 0.738 bits per heavy atom. The first-order valence-electron chi connectivity index (χ1n) is 20.5. The Morgan fingerprint density at radius 1 is 0.354 bits per heavy atom. The normalized spacial score (nSPS) is 15.3. The molecule has 0 saturated heterocycles. The standard InChI is InChI=1S/C43H72O22/c1-29(2)37(52)62-13-33(48)9-56-21-41(17-44,18-45)22-60-27-43(20-47,25-59-12-36(51)16-65-40(55)32(7)8)28-61-26-42(19-46,23-57-10-34(49)14-63-38(53)30(3)4)24-58-11-35(50)15-64-39(54)31(5)6/h33-36,44-51H,1,3,5,7,9-28H2,2,4,6,8H3. The summed E-state index contributed by atoms with van der Waals surface area (Å²) in [4.78, 5) is 47.0. The molecule has 0 bridgehead atoms. The summed E-state index contributed by atoms with van der Waals surface area (Å²) in [5.41, 5.74) is -3.88. The van der Waals surface area contributed by atoms with E-state index in [-0.39, 0.29) is 95.0 Å². The monoisotopic (exact) mass is 940 g/mol. The molecule has 0 fully saturated rings. The van der Waals surface area contributed by atoms with E-state index in [0.29, 0.717) is 0 Å². The fourth-order valence-electron chi connectivity index (χ4n) is 4.78. The van der Waals surface area contributed by atoms with Gasteiger partial charge in [0.1, 0.15) is 50.8 Å². The highest BCUT2D eigenvalue weighted by Gasteiger charge is 2.38. The largest absolute Gasteiger partial charge is 0.460 e. The number of rotatable bonds is 40. The lowest BCUT2D eigenvalue weighted by Gasteiger charge is -2.36. The second kappa shape index (κ2) is 32.9. The van der Waals surface area contributed by atoms with Gasteiger partial charge in [-0.1, -0.05) is 26.3 Å². The summed E-state index contributed by atoms with van der Waals surface area (Å²) in [5.74, 6) is -2.91. The highest BCUT2D eigenvalue weighted by Crippen LogP contribution is 2.26. The van der Waals surface area contributed by atoms with Crippen LogP contribution in [0.25, 0.3) is 0 Å². The smallest absolute Gasteiger partial charge is 0.333 e. The molecule has 0 amide bonds. The summed E-state index contributed by atoms with van der Waals surface area (Å²) in [6.07, 6.45) is -5.13. The van der Waals surface area contributed by atoms with Crippen LogP contribution in [0.4, 0.5) is 0 Å². The Morgan fingerprint density at radius 2 is 0.538 bits per heavy atom. The summed E-state index contributed by atoms with van der Waals surface area (Å²) in [6.45, 7) is 10.8. The van der Waals surface area contributed by atoms with Crippen LogP contribution in [0, 0.1) is 16.2 Å². The number of hydrogen-bond donors (Lipinski definition) is 8. The number of carbonyl (C=O) groups is 4. The van der Waals surface area contributed by atoms with Gasteiger partial charge in [-0.25, -0.2) is 19.2 Å². The van der Waals surface area contributed by atoms with Gasteiger partial charge in [-0.15, -0.1) is 0 Å². The lowest BCUT2D eigenvalue weighted by molar-refractivity contribution is -0.156. The van der Waals surface area contributed by atoms with Gasteiger partial charge >= 0.3 is 23.9 Å². The first-order chi connectivity index (χ1) is 30.5. The second-order valence-corrected chi connectivity index (χ2v) is 16.3. The van der Waals surface area contributed by atoms with E-state index in [1.54, 1.807) is 0 Å². The number of ether oxygens (including phenoxy) is 10. The minimum atomic E-state index is -1.47. The third kappa shape index (κ3) is 26.3. The SMILES string of the molecule is C=C(C)C(=O)OCC(O)COCC(CO)(CO)COCC(CO)(COCC(O)COC(=O)C(=C)C)COCC(CO)(COCC(O)COC(=O)C(=C)C)COCC(O)COC(=O)C(=C)C. The van der Waals surface area contributed by atoms with E-state index < -0.39 is 124 Å². The molecule has 22 heteroatoms. The van der Waals surface area contributed by atoms with Crippen molar-refractivity contribution in [3.63, 3.8) is 0 Å². The van der Waals surface area contributed by atoms with Crippen molar-refractivity contribution in [3.05, 3.63) is 48.6 Å². The minimum Gasteiger partial charge on any atom is -0.460 e. The van der Waals surface area contributed by atoms with Crippen molar-refractivity contribution in [2.24, 2.45) is 16.2 Å². The minimum absolute atomic E-state index is 0.106. The van der Waals surface area contributed by atoms with E-state index in [1.165, 1.54) is 27.7 Å². The fourth-order valence-corrected chi connectivity index (χ4v) is 4.78. The molecule has 0 aliphatic rings. The van der Waals surface area contributed by atoms with Gasteiger partial charge in [-0.3, -0.25) is 0 Å². The van der Waals surface area contributed by atoms with Gasteiger partial charge in [0, 0.05) is 22.3 Å². The average molecular weight is 941 g/mol. The molecular weight excluding hydrogens is 868 g/mol. The molecule has 22 nitrogen and oxygen atoms in total. The van der Waals surface area contributed by atoms with Crippen LogP contribution in [-0.2, 0) is 66.5 Å². The molecule has 0 aromatic heterocycles. The van der Waals surface area contributed by atoms with Crippen molar-refractivity contribution < 1.29 is 107 Å². The summed E-state index contributed by atoms with van der Waals surface area (Å²) >= 11 is 0. The number of hydrogen-bond acceptors (Lipinski definition) is 22. The van der Waals surface area contributed by atoms with E-state index in [0.717, 1.165) is 0 Å². The Labute approximate surface area is 379 Å². The van der Waals surface area contributed by atoms with Gasteiger partial charge in [-0.2, -0.15) is 0 Å². The third-order valence-electron chi connectivity index (χ3n) is 8.87. The summed E-state index contributed by atoms with van der Waals surface area (Å²) in [6, 6.07) is 0. The molecule has 0 radical (unpaired) electrons. The van der Waals surface area contributed by atoms with Crippen molar-refractivity contribution in [3.8, 4) is 0 Å². The maximum atomic E-state index is 11.8. The highest BCUT2D eigenvalue weighted by molar-refractivity contribution is 5.88. The number of esters is 4. The topological polar surface area (TPSA) is 322 Å². The molecule has 0 spiro atoms. The first-order valence-corrected chi connectivity index (χ1v) is 20.5. The maximum Gasteiger partial charge on any atom is 0.333 e. The van der Waals surface area contributed by atoms with Crippen LogP contribution in [0.5, 0.6) is 0 Å². The summed E-state index contributed by atoms with van der Waals surface area (Å²) < 4.78 is 54.3. The van der Waals surface area contributed by atoms with Crippen molar-refractivity contribution in [1.82, 2.24) is 0 Å². The Hall–Kier alpha value is -3.72. The highest BCUT2D eigenvalue weighted by atomic mass is 16.6. The van der Waals surface area contributed by atoms with Crippen molar-refractivity contribution in [2.75, 3.05) is 132 Å². The van der Waals surface area contributed by atoms with Gasteiger partial charge in [0.15, 0.2) is 0 Å². The van der Waals surface area contributed by atoms with E-state index in [9.17, 15) is 60.0 Å². The average Bonchev–Trinajstić information content (AvgIpc) is 3.26. The molecule has 0 aromatic rings. The zero-order valence-corrected chi connectivity index (χ0v) is 38.1. The molecule has 0 aromatic carbocycles. The van der Waals surface area contributed by atoms with Crippen molar-refractivity contribution in [2.45, 2.75) is 52.1 Å². The second-order valence-electron chi connectivity index (χ2n) is 16.3. The van der Waals surface area contributed by atoms with Crippen LogP contribution >= 0.6 is 0 Å². The quantitative estimate of drug-likeness (QED) is 0.0186. The predicted molar refractivity (Wildman–Crippen MR) is 228 cm³/mol. The molecule has 0 heterocycles. The Kier molecular flexibility index (Phi) is 31.0. The van der Waals surface area contributed by atoms with E-state index >= 15 is 0 Å². The lowest BCUT2D eigenvalue weighted by atomic mass is 9.89. The fraction of sp³-hybridized carbons (Fsp3) is 0.721. The van der Waals surface area contributed by atoms with Crippen LogP contribution in [0.2, 0.25) is 0 Å². The van der Waals surface area contributed by atoms with Crippen LogP contribution < -0.4 is 0 Å².